The van der Waals surface area contributed by atoms with Crippen molar-refractivity contribution in [3.63, 3.8) is 0 Å². The van der Waals surface area contributed by atoms with Crippen molar-refractivity contribution in [2.75, 3.05) is 11.7 Å². The summed E-state index contributed by atoms with van der Waals surface area (Å²) in [6.45, 7) is 5.93. The van der Waals surface area contributed by atoms with Crippen LogP contribution in [0.15, 0.2) is 103 Å². The minimum Gasteiger partial charge on any atom is -0.444 e. The van der Waals surface area contributed by atoms with E-state index < -0.39 is 29.9 Å². The molecule has 2 atom stereocenters. The second kappa shape index (κ2) is 15.4. The fraction of sp³-hybridized carbons (Fsp3) is 0.304. The molecular formula is C46H46N2O5S. The molecule has 54 heavy (non-hydrogen) atoms. The Kier molecular flexibility index (Phi) is 10.2. The summed E-state index contributed by atoms with van der Waals surface area (Å²) in [6.07, 6.45) is 7.83. The van der Waals surface area contributed by atoms with Crippen molar-refractivity contribution in [1.29, 1.82) is 0 Å². The van der Waals surface area contributed by atoms with E-state index in [0.717, 1.165) is 49.0 Å². The van der Waals surface area contributed by atoms with Crippen LogP contribution in [0.4, 0.5) is 10.5 Å². The first kappa shape index (κ1) is 36.0. The maximum absolute atomic E-state index is 14.6. The van der Waals surface area contributed by atoms with E-state index in [0.29, 0.717) is 24.3 Å². The largest absolute Gasteiger partial charge is 0.444 e. The Morgan fingerprint density at radius 2 is 1.61 bits per heavy atom. The zero-order valence-corrected chi connectivity index (χ0v) is 31.9. The number of nitrogens with zero attached hydrogens (tertiary/aromatic N) is 1. The zero-order valence-electron chi connectivity index (χ0n) is 31.1. The molecule has 1 N–H and O–H groups in total. The van der Waals surface area contributed by atoms with Gasteiger partial charge in [0.25, 0.3) is 5.91 Å². The van der Waals surface area contributed by atoms with Crippen LogP contribution in [0.2, 0.25) is 0 Å². The fourth-order valence-electron chi connectivity index (χ4n) is 7.73. The molecule has 0 radical (unpaired) electrons. The van der Waals surface area contributed by atoms with E-state index in [1.807, 2.05) is 48.5 Å². The topological polar surface area (TPSA) is 77.1 Å². The summed E-state index contributed by atoms with van der Waals surface area (Å²) < 4.78 is 11.5. The molecular weight excluding hydrogens is 693 g/mol. The van der Waals surface area contributed by atoms with Gasteiger partial charge in [-0.2, -0.15) is 5.06 Å². The summed E-state index contributed by atoms with van der Waals surface area (Å²) in [5.41, 5.74) is 11.3. The molecule has 0 saturated carbocycles. The summed E-state index contributed by atoms with van der Waals surface area (Å²) in [7, 11) is 0. The number of anilines is 1. The number of ether oxygens (including phenoxy) is 2. The predicted octanol–water partition coefficient (Wildman–Crippen LogP) is 10.7. The molecule has 8 rings (SSSR count). The van der Waals surface area contributed by atoms with Crippen LogP contribution in [0.1, 0.15) is 85.2 Å². The van der Waals surface area contributed by atoms with Gasteiger partial charge in [0.15, 0.2) is 6.29 Å². The van der Waals surface area contributed by atoms with Crippen LogP contribution in [0.3, 0.4) is 0 Å². The molecule has 276 valence electrons. The number of allylic oxidation sites excluding steroid dienone is 1. The number of benzene rings is 4. The first-order valence-corrected chi connectivity index (χ1v) is 19.8. The quantitative estimate of drug-likeness (QED) is 0.160. The van der Waals surface area contributed by atoms with E-state index >= 15 is 0 Å². The Hall–Kier alpha value is -5.02. The minimum atomic E-state index is -1.07. The number of nitrogens with one attached hydrogen (secondary N) is 1. The molecule has 4 aromatic carbocycles. The van der Waals surface area contributed by atoms with Crippen molar-refractivity contribution < 1.29 is 23.9 Å². The van der Waals surface area contributed by atoms with Crippen LogP contribution < -0.4 is 10.4 Å². The van der Waals surface area contributed by atoms with Gasteiger partial charge >= 0.3 is 6.09 Å². The monoisotopic (exact) mass is 738 g/mol. The van der Waals surface area contributed by atoms with Crippen molar-refractivity contribution >= 4 is 40.7 Å². The lowest BCUT2D eigenvalue weighted by molar-refractivity contribution is -0.178. The minimum absolute atomic E-state index is 0.457. The summed E-state index contributed by atoms with van der Waals surface area (Å²) in [6, 6.07) is 33.7. The molecule has 7 nitrogen and oxygen atoms in total. The lowest BCUT2D eigenvalue weighted by Crippen LogP contribution is -2.46. The van der Waals surface area contributed by atoms with Gasteiger partial charge in [-0.05, 0) is 134 Å². The van der Waals surface area contributed by atoms with E-state index in [-0.39, 0.29) is 0 Å². The van der Waals surface area contributed by atoms with Crippen molar-refractivity contribution in [1.82, 2.24) is 5.32 Å². The highest BCUT2D eigenvalue weighted by Crippen LogP contribution is 2.43. The fourth-order valence-corrected chi connectivity index (χ4v) is 8.78. The number of hydroxylamine groups is 1. The van der Waals surface area contributed by atoms with Gasteiger partial charge in [0.1, 0.15) is 11.6 Å². The van der Waals surface area contributed by atoms with E-state index in [4.69, 9.17) is 14.3 Å². The molecule has 1 aromatic heterocycles. The van der Waals surface area contributed by atoms with E-state index in [2.05, 4.69) is 66.0 Å². The molecule has 8 heteroatoms. The zero-order chi connectivity index (χ0) is 37.2. The molecule has 1 aliphatic heterocycles. The van der Waals surface area contributed by atoms with E-state index in [1.54, 1.807) is 32.1 Å². The number of alkyl carbamates (subject to hydrolysis) is 1. The van der Waals surface area contributed by atoms with Gasteiger partial charge in [-0.3, -0.25) is 4.79 Å². The van der Waals surface area contributed by atoms with Crippen LogP contribution in [-0.2, 0) is 38.4 Å². The van der Waals surface area contributed by atoms with Crippen LogP contribution in [0.25, 0.3) is 33.2 Å². The molecule has 1 fully saturated rings. The molecule has 1 saturated heterocycles. The second-order valence-electron chi connectivity index (χ2n) is 15.2. The Bertz CT molecular complexity index is 2190. The number of carbonyl (C=O) groups excluding carboxylic acids is 2. The van der Waals surface area contributed by atoms with Crippen LogP contribution >= 0.6 is 11.3 Å². The van der Waals surface area contributed by atoms with Crippen LogP contribution in [-0.4, -0.2) is 30.5 Å². The molecule has 2 amide bonds. The summed E-state index contributed by atoms with van der Waals surface area (Å²) >= 11 is 1.76. The maximum Gasteiger partial charge on any atom is 0.408 e. The SMILES string of the molecule is CC(C)(C)OC(=O)NC(C(=O)N(OC1CCCCO1)c1cccc(-c2ccc(C3=Cc4ccc5c(c4CC3)CCc3ccccc3-5)s2)c1)c1ccccc1. The summed E-state index contributed by atoms with van der Waals surface area (Å²) in [5, 5.41) is 4.11. The third-order valence-corrected chi connectivity index (χ3v) is 11.5. The van der Waals surface area contributed by atoms with Crippen LogP contribution in [0, 0.1) is 0 Å². The van der Waals surface area contributed by atoms with Crippen molar-refractivity contribution in [2.24, 2.45) is 0 Å². The number of hydrogen-bond donors (Lipinski definition) is 1. The third-order valence-electron chi connectivity index (χ3n) is 10.3. The van der Waals surface area contributed by atoms with Gasteiger partial charge in [0.2, 0.25) is 0 Å². The van der Waals surface area contributed by atoms with Crippen molar-refractivity contribution in [3.05, 3.63) is 136 Å². The van der Waals surface area contributed by atoms with Gasteiger partial charge in [0, 0.05) is 22.8 Å². The van der Waals surface area contributed by atoms with Crippen molar-refractivity contribution in [3.8, 4) is 21.6 Å². The van der Waals surface area contributed by atoms with E-state index in [9.17, 15) is 9.59 Å². The number of thiophene rings is 1. The van der Waals surface area contributed by atoms with Gasteiger partial charge in [-0.25, -0.2) is 9.63 Å². The predicted molar refractivity (Wildman–Crippen MR) is 216 cm³/mol. The summed E-state index contributed by atoms with van der Waals surface area (Å²) in [4.78, 5) is 36.4. The Morgan fingerprint density at radius 1 is 0.815 bits per heavy atom. The normalized spacial score (nSPS) is 16.9. The Labute approximate surface area is 321 Å². The average Bonchev–Trinajstić information content (AvgIpc) is 3.69. The lowest BCUT2D eigenvalue weighted by atomic mass is 9.78. The number of hydrogen-bond acceptors (Lipinski definition) is 6. The number of amides is 2. The smallest absolute Gasteiger partial charge is 0.408 e. The van der Waals surface area contributed by atoms with Gasteiger partial charge < -0.3 is 14.8 Å². The highest BCUT2D eigenvalue weighted by molar-refractivity contribution is 7.16. The van der Waals surface area contributed by atoms with Crippen LogP contribution in [0.5, 0.6) is 0 Å². The molecule has 3 aliphatic rings. The number of rotatable bonds is 8. The number of aryl methyl sites for hydroxylation is 1. The van der Waals surface area contributed by atoms with Gasteiger partial charge in [0.05, 0.1) is 5.69 Å². The highest BCUT2D eigenvalue weighted by atomic mass is 32.1. The molecule has 0 spiro atoms. The number of fused-ring (bicyclic) bond motifs is 5. The Morgan fingerprint density at radius 3 is 2.43 bits per heavy atom. The molecule has 2 unspecified atom stereocenters. The lowest BCUT2D eigenvalue weighted by Gasteiger charge is -2.32. The molecule has 2 aliphatic carbocycles. The molecule has 0 bridgehead atoms. The maximum atomic E-state index is 14.6. The summed E-state index contributed by atoms with van der Waals surface area (Å²) in [5.74, 6) is -0.457. The molecule has 2 heterocycles. The third kappa shape index (κ3) is 7.78. The number of carbonyl (C=O) groups is 2. The van der Waals surface area contributed by atoms with Crippen molar-refractivity contribution in [2.45, 2.75) is 83.6 Å². The molecule has 5 aromatic rings. The Balaban J connectivity index is 1.08. The van der Waals surface area contributed by atoms with Gasteiger partial charge in [-0.1, -0.05) is 84.9 Å². The first-order chi connectivity index (χ1) is 26.2. The van der Waals surface area contributed by atoms with E-state index in [1.165, 1.54) is 48.9 Å². The average molecular weight is 739 g/mol. The second-order valence-corrected chi connectivity index (χ2v) is 16.3. The standard InChI is InChI=1S/C46H46N2O5S/c1-46(2,3)52-45(50)47-43(31-13-5-4-6-14-31)44(49)48(53-42-18-9-10-27-51-42)35-16-11-15-33(29-35)40-25-26-41(54-40)34-21-22-37-32(28-34)20-24-38-36-17-8-7-12-30(36)19-23-39(37)38/h4-8,11-17,20,24-26,28-29,42-43H,9-10,18-19,21-23,27H2,1-3H3,(H,47,50). The van der Waals surface area contributed by atoms with Gasteiger partial charge in [-0.15, -0.1) is 11.3 Å². The highest BCUT2D eigenvalue weighted by Gasteiger charge is 2.34. The first-order valence-electron chi connectivity index (χ1n) is 19.0.